The van der Waals surface area contributed by atoms with Crippen LogP contribution in [0.3, 0.4) is 0 Å². The molecular weight excluding hydrogens is 336 g/mol. The van der Waals surface area contributed by atoms with E-state index in [4.69, 9.17) is 0 Å². The molecule has 0 N–H and O–H groups in total. The number of hydrogen-bond acceptors (Lipinski definition) is 6. The molecule has 0 saturated carbocycles. The largest absolute Gasteiger partial charge is 0.292 e. The van der Waals surface area contributed by atoms with Crippen molar-refractivity contribution in [1.29, 1.82) is 0 Å². The number of carbonyl (C=O) groups is 2. The first kappa shape index (κ1) is 15.8. The molecule has 1 aliphatic rings. The maximum atomic E-state index is 12.4. The van der Waals surface area contributed by atoms with Crippen LogP contribution in [0, 0.1) is 10.1 Å². The van der Waals surface area contributed by atoms with Crippen LogP contribution in [0.2, 0.25) is 0 Å². The Morgan fingerprint density at radius 2 is 1.83 bits per heavy atom. The van der Waals surface area contributed by atoms with E-state index in [2.05, 4.69) is 0 Å². The van der Waals surface area contributed by atoms with Gasteiger partial charge >= 0.3 is 0 Å². The van der Waals surface area contributed by atoms with E-state index in [9.17, 15) is 28.1 Å². The van der Waals surface area contributed by atoms with Crippen LogP contribution in [0.5, 0.6) is 0 Å². The Morgan fingerprint density at radius 1 is 1.12 bits per heavy atom. The topological polar surface area (TPSA) is 115 Å². The van der Waals surface area contributed by atoms with Crippen LogP contribution in [0.25, 0.3) is 0 Å². The number of benzene rings is 2. The van der Waals surface area contributed by atoms with E-state index in [1.165, 1.54) is 42.5 Å². The van der Waals surface area contributed by atoms with Crippen molar-refractivity contribution in [3.05, 3.63) is 69.8 Å². The smallest absolute Gasteiger partial charge is 0.270 e. The lowest BCUT2D eigenvalue weighted by Gasteiger charge is -2.14. The Bertz CT molecular complexity index is 983. The van der Waals surface area contributed by atoms with E-state index in [-0.39, 0.29) is 21.7 Å². The minimum atomic E-state index is -4.10. The normalized spacial score (nSPS) is 15.2. The van der Waals surface area contributed by atoms with Crippen molar-refractivity contribution in [2.45, 2.75) is 4.90 Å². The molecule has 0 bridgehead atoms. The van der Waals surface area contributed by atoms with Gasteiger partial charge in [-0.1, -0.05) is 24.3 Å². The van der Waals surface area contributed by atoms with E-state index >= 15 is 0 Å². The van der Waals surface area contributed by atoms with Crippen molar-refractivity contribution < 1.29 is 22.9 Å². The molecule has 2 aromatic rings. The predicted octanol–water partition coefficient (Wildman–Crippen LogP) is 1.62. The molecule has 0 saturated heterocycles. The standard InChI is InChI=1S/C15H10N2O6S/c18-13(10-4-3-5-11(8-10)17(20)21)9-16-15(19)12-6-1-2-7-14(12)24(16,22)23/h1-8H,9H2. The minimum Gasteiger partial charge on any atom is -0.292 e. The number of nitro groups is 1. The van der Waals surface area contributed by atoms with Crippen LogP contribution >= 0.6 is 0 Å². The average molecular weight is 346 g/mol. The summed E-state index contributed by atoms with van der Waals surface area (Å²) in [6, 6.07) is 10.6. The highest BCUT2D eigenvalue weighted by Gasteiger charge is 2.41. The first-order chi connectivity index (χ1) is 11.3. The van der Waals surface area contributed by atoms with Gasteiger partial charge in [0.2, 0.25) is 0 Å². The summed E-state index contributed by atoms with van der Waals surface area (Å²) in [6.45, 7) is -0.711. The number of nitro benzene ring substituents is 1. The Kier molecular flexibility index (Phi) is 3.64. The molecule has 0 aromatic heterocycles. The van der Waals surface area contributed by atoms with Gasteiger partial charge in [-0.25, -0.2) is 12.7 Å². The number of ketones is 1. The monoisotopic (exact) mass is 346 g/mol. The second kappa shape index (κ2) is 5.53. The van der Waals surface area contributed by atoms with E-state index in [1.54, 1.807) is 0 Å². The quantitative estimate of drug-likeness (QED) is 0.472. The van der Waals surface area contributed by atoms with Crippen LogP contribution in [0.1, 0.15) is 20.7 Å². The maximum absolute atomic E-state index is 12.4. The molecular formula is C15H10N2O6S. The maximum Gasteiger partial charge on any atom is 0.270 e. The van der Waals surface area contributed by atoms with Crippen molar-refractivity contribution in [3.8, 4) is 0 Å². The zero-order valence-corrected chi connectivity index (χ0v) is 12.9. The van der Waals surface area contributed by atoms with Crippen LogP contribution in [-0.2, 0) is 10.0 Å². The Hall–Kier alpha value is -3.07. The summed E-state index contributed by atoms with van der Waals surface area (Å²) in [5.74, 6) is -1.49. The Morgan fingerprint density at radius 3 is 2.50 bits per heavy atom. The van der Waals surface area contributed by atoms with Crippen molar-refractivity contribution in [2.24, 2.45) is 0 Å². The molecule has 0 atom stereocenters. The summed E-state index contributed by atoms with van der Waals surface area (Å²) in [5, 5.41) is 10.8. The number of amides is 1. The van der Waals surface area contributed by atoms with E-state index in [0.717, 1.165) is 6.07 Å². The van der Waals surface area contributed by atoms with Gasteiger partial charge in [0.15, 0.2) is 5.78 Å². The number of nitrogens with zero attached hydrogens (tertiary/aromatic N) is 2. The molecule has 1 heterocycles. The predicted molar refractivity (Wildman–Crippen MR) is 82.1 cm³/mol. The lowest BCUT2D eigenvalue weighted by Crippen LogP contribution is -2.35. The van der Waals surface area contributed by atoms with Gasteiger partial charge in [0.25, 0.3) is 21.6 Å². The first-order valence-corrected chi connectivity index (χ1v) is 8.20. The molecule has 0 radical (unpaired) electrons. The third-order valence-corrected chi connectivity index (χ3v) is 5.37. The highest BCUT2D eigenvalue weighted by atomic mass is 32.2. The number of sulfonamides is 1. The summed E-state index contributed by atoms with van der Waals surface area (Å²) in [7, 11) is -4.10. The molecule has 24 heavy (non-hydrogen) atoms. The van der Waals surface area contributed by atoms with Gasteiger partial charge in [-0.05, 0) is 12.1 Å². The molecule has 0 aliphatic carbocycles. The molecule has 0 fully saturated rings. The lowest BCUT2D eigenvalue weighted by atomic mass is 10.1. The average Bonchev–Trinajstić information content (AvgIpc) is 2.76. The van der Waals surface area contributed by atoms with E-state index in [1.807, 2.05) is 0 Å². The number of Topliss-reactive ketones (excluding diaryl/α,β-unsaturated/α-hetero) is 1. The Balaban J connectivity index is 1.92. The molecule has 1 aliphatic heterocycles. The number of carbonyl (C=O) groups excluding carboxylic acids is 2. The number of non-ortho nitro benzene ring substituents is 1. The summed E-state index contributed by atoms with van der Waals surface area (Å²) in [4.78, 5) is 34.5. The van der Waals surface area contributed by atoms with Crippen molar-refractivity contribution in [3.63, 3.8) is 0 Å². The van der Waals surface area contributed by atoms with Crippen LogP contribution < -0.4 is 0 Å². The fraction of sp³-hybridized carbons (Fsp3) is 0.0667. The van der Waals surface area contributed by atoms with Crippen LogP contribution in [0.4, 0.5) is 5.69 Å². The molecule has 9 heteroatoms. The summed E-state index contributed by atoms with van der Waals surface area (Å²) in [5.41, 5.74) is -0.327. The lowest BCUT2D eigenvalue weighted by molar-refractivity contribution is -0.384. The van der Waals surface area contributed by atoms with Gasteiger partial charge in [-0.15, -0.1) is 0 Å². The van der Waals surface area contributed by atoms with Gasteiger partial charge in [0, 0.05) is 17.7 Å². The first-order valence-electron chi connectivity index (χ1n) is 6.76. The van der Waals surface area contributed by atoms with Crippen LogP contribution in [0.15, 0.2) is 53.4 Å². The molecule has 122 valence electrons. The highest BCUT2D eigenvalue weighted by Crippen LogP contribution is 2.30. The molecule has 3 rings (SSSR count). The zero-order valence-electron chi connectivity index (χ0n) is 12.1. The molecule has 1 amide bonds. The van der Waals surface area contributed by atoms with Gasteiger partial charge in [-0.2, -0.15) is 0 Å². The number of rotatable bonds is 4. The SMILES string of the molecule is O=C(CN1C(=O)c2ccccc2S1(=O)=O)c1cccc([N+](=O)[O-])c1. The third-order valence-electron chi connectivity index (χ3n) is 3.58. The molecule has 0 spiro atoms. The fourth-order valence-electron chi connectivity index (χ4n) is 2.40. The fourth-order valence-corrected chi connectivity index (χ4v) is 3.93. The molecule has 0 unspecified atom stereocenters. The van der Waals surface area contributed by atoms with Gasteiger partial charge in [-0.3, -0.25) is 19.7 Å². The minimum absolute atomic E-state index is 0.00402. The van der Waals surface area contributed by atoms with E-state index in [0.29, 0.717) is 4.31 Å². The zero-order chi connectivity index (χ0) is 17.5. The summed E-state index contributed by atoms with van der Waals surface area (Å²) >= 11 is 0. The van der Waals surface area contributed by atoms with Crippen molar-refractivity contribution >= 4 is 27.4 Å². The second-order valence-corrected chi connectivity index (χ2v) is 6.87. The van der Waals surface area contributed by atoms with E-state index < -0.39 is 33.2 Å². The van der Waals surface area contributed by atoms with Crippen molar-refractivity contribution in [1.82, 2.24) is 4.31 Å². The van der Waals surface area contributed by atoms with Crippen molar-refractivity contribution in [2.75, 3.05) is 6.54 Å². The second-order valence-electron chi connectivity index (χ2n) is 5.04. The summed E-state index contributed by atoms with van der Waals surface area (Å²) in [6.07, 6.45) is 0. The highest BCUT2D eigenvalue weighted by molar-refractivity contribution is 7.90. The Labute approximate surface area is 136 Å². The van der Waals surface area contributed by atoms with Gasteiger partial charge < -0.3 is 0 Å². The number of fused-ring (bicyclic) bond motifs is 1. The van der Waals surface area contributed by atoms with Crippen LogP contribution in [-0.4, -0.2) is 35.9 Å². The van der Waals surface area contributed by atoms with Gasteiger partial charge in [0.1, 0.15) is 11.4 Å². The third kappa shape index (κ3) is 2.44. The number of hydrogen-bond donors (Lipinski definition) is 0. The molecule has 2 aromatic carbocycles. The molecule has 8 nitrogen and oxygen atoms in total. The summed E-state index contributed by atoms with van der Waals surface area (Å²) < 4.78 is 25.2. The van der Waals surface area contributed by atoms with Gasteiger partial charge in [0.05, 0.1) is 10.5 Å².